The first-order valence-electron chi connectivity index (χ1n) is 10.4. The summed E-state index contributed by atoms with van der Waals surface area (Å²) >= 11 is 8.47. The molecule has 4 aromatic rings. The fraction of sp³-hybridized carbons (Fsp3) is 0.167. The highest BCUT2D eigenvalue weighted by atomic mass is 35.5. The van der Waals surface area contributed by atoms with Crippen molar-refractivity contribution in [2.24, 2.45) is 0 Å². The summed E-state index contributed by atoms with van der Waals surface area (Å²) in [5.41, 5.74) is 1.94. The van der Waals surface area contributed by atoms with Gasteiger partial charge in [-0.1, -0.05) is 42.4 Å². The highest BCUT2D eigenvalue weighted by Crippen LogP contribution is 2.28. The molecule has 2 N–H and O–H groups in total. The number of aromatic carboxylic acids is 1. The van der Waals surface area contributed by atoms with Crippen LogP contribution in [-0.2, 0) is 11.3 Å². The molecule has 0 aliphatic rings. The number of amides is 1. The fourth-order valence-corrected chi connectivity index (χ4v) is 5.21. The minimum atomic E-state index is -1.01. The summed E-state index contributed by atoms with van der Waals surface area (Å²) in [6.45, 7) is 2.10. The van der Waals surface area contributed by atoms with Gasteiger partial charge < -0.3 is 10.4 Å². The second kappa shape index (κ2) is 10.4. The van der Waals surface area contributed by atoms with Crippen LogP contribution in [0.5, 0.6) is 0 Å². The van der Waals surface area contributed by atoms with Crippen molar-refractivity contribution in [3.63, 3.8) is 0 Å². The highest BCUT2D eigenvalue weighted by Gasteiger charge is 2.23. The predicted octanol–water partition coefficient (Wildman–Crippen LogP) is 5.37. The first kappa shape index (κ1) is 24.0. The standard InChI is InChI=1S/C24H20ClN3O4S2/c1-2-19(21(29)26-17-9-7-16(25)8-10-17)34-24-27-18-11-12-33-20(18)22(30)28(24)13-14-3-5-15(6-4-14)23(31)32/h3-12,19H,2,13H2,1H3,(H,26,29)(H,31,32)/t19-/m0/s1. The molecule has 2 aromatic heterocycles. The van der Waals surface area contributed by atoms with Gasteiger partial charge in [0.25, 0.3) is 5.56 Å². The van der Waals surface area contributed by atoms with Crippen molar-refractivity contribution in [2.45, 2.75) is 30.3 Å². The van der Waals surface area contributed by atoms with Gasteiger partial charge in [0.15, 0.2) is 5.16 Å². The molecular formula is C24H20ClN3O4S2. The van der Waals surface area contributed by atoms with Crippen molar-refractivity contribution in [3.8, 4) is 0 Å². The molecule has 10 heteroatoms. The zero-order valence-electron chi connectivity index (χ0n) is 18.0. The van der Waals surface area contributed by atoms with Crippen molar-refractivity contribution in [2.75, 3.05) is 5.32 Å². The molecule has 0 saturated heterocycles. The van der Waals surface area contributed by atoms with Gasteiger partial charge in [0.1, 0.15) is 4.70 Å². The maximum absolute atomic E-state index is 13.3. The zero-order chi connectivity index (χ0) is 24.2. The Hall–Kier alpha value is -3.14. The van der Waals surface area contributed by atoms with Gasteiger partial charge in [-0.15, -0.1) is 11.3 Å². The Morgan fingerprint density at radius 2 is 1.85 bits per heavy atom. The van der Waals surface area contributed by atoms with Crippen molar-refractivity contribution < 1.29 is 14.7 Å². The molecule has 0 aliphatic heterocycles. The lowest BCUT2D eigenvalue weighted by Crippen LogP contribution is -2.28. The molecule has 0 bridgehead atoms. The number of nitrogens with one attached hydrogen (secondary N) is 1. The van der Waals surface area contributed by atoms with Crippen LogP contribution in [0.25, 0.3) is 10.2 Å². The van der Waals surface area contributed by atoms with Crippen LogP contribution in [0.1, 0.15) is 29.3 Å². The Morgan fingerprint density at radius 3 is 2.50 bits per heavy atom. The van der Waals surface area contributed by atoms with Crippen LogP contribution in [0.2, 0.25) is 5.02 Å². The summed E-state index contributed by atoms with van der Waals surface area (Å²) in [7, 11) is 0. The fourth-order valence-electron chi connectivity index (χ4n) is 3.29. The summed E-state index contributed by atoms with van der Waals surface area (Å²) in [4.78, 5) is 42.1. The van der Waals surface area contributed by atoms with E-state index in [0.29, 0.717) is 32.5 Å². The van der Waals surface area contributed by atoms with E-state index < -0.39 is 11.2 Å². The number of rotatable bonds is 8. The van der Waals surface area contributed by atoms with Crippen molar-refractivity contribution >= 4 is 62.5 Å². The van der Waals surface area contributed by atoms with Gasteiger partial charge in [-0.3, -0.25) is 14.2 Å². The van der Waals surface area contributed by atoms with Gasteiger partial charge in [-0.25, -0.2) is 9.78 Å². The van der Waals surface area contributed by atoms with E-state index in [1.165, 1.54) is 39.8 Å². The van der Waals surface area contributed by atoms with E-state index in [9.17, 15) is 14.4 Å². The summed E-state index contributed by atoms with van der Waals surface area (Å²) in [5.74, 6) is -1.22. The third-order valence-electron chi connectivity index (χ3n) is 5.10. The molecule has 4 rings (SSSR count). The lowest BCUT2D eigenvalue weighted by atomic mass is 10.1. The van der Waals surface area contributed by atoms with Gasteiger partial charge >= 0.3 is 5.97 Å². The van der Waals surface area contributed by atoms with Gasteiger partial charge in [-0.2, -0.15) is 0 Å². The van der Waals surface area contributed by atoms with Gasteiger partial charge in [0.05, 0.1) is 22.9 Å². The number of carboxylic acids is 1. The minimum Gasteiger partial charge on any atom is -0.478 e. The van der Waals surface area contributed by atoms with Crippen LogP contribution in [-0.4, -0.2) is 31.8 Å². The van der Waals surface area contributed by atoms with Crippen molar-refractivity contribution in [1.29, 1.82) is 0 Å². The van der Waals surface area contributed by atoms with Crippen molar-refractivity contribution in [1.82, 2.24) is 9.55 Å². The molecular weight excluding hydrogens is 494 g/mol. The lowest BCUT2D eigenvalue weighted by molar-refractivity contribution is -0.115. The molecule has 0 fully saturated rings. The van der Waals surface area contributed by atoms with Gasteiger partial charge in [0.2, 0.25) is 5.91 Å². The van der Waals surface area contributed by atoms with Crippen LogP contribution in [0, 0.1) is 0 Å². The Morgan fingerprint density at radius 1 is 1.15 bits per heavy atom. The number of halogens is 1. The summed E-state index contributed by atoms with van der Waals surface area (Å²) in [5, 5.41) is 14.3. The molecule has 0 spiro atoms. The molecule has 0 saturated carbocycles. The SMILES string of the molecule is CC[C@H](Sc1nc2ccsc2c(=O)n1Cc1ccc(C(=O)O)cc1)C(=O)Nc1ccc(Cl)cc1. The van der Waals surface area contributed by atoms with Crippen LogP contribution in [0.3, 0.4) is 0 Å². The van der Waals surface area contributed by atoms with E-state index in [0.717, 1.165) is 5.56 Å². The van der Waals surface area contributed by atoms with Crippen LogP contribution >= 0.6 is 34.7 Å². The summed E-state index contributed by atoms with van der Waals surface area (Å²) in [6.07, 6.45) is 0.523. The first-order valence-corrected chi connectivity index (χ1v) is 12.5. The number of nitrogens with zero attached hydrogens (tertiary/aromatic N) is 2. The quantitative estimate of drug-likeness (QED) is 0.243. The van der Waals surface area contributed by atoms with E-state index in [1.54, 1.807) is 42.5 Å². The number of thiophene rings is 1. The van der Waals surface area contributed by atoms with Crippen LogP contribution in [0.15, 0.2) is 69.9 Å². The number of benzene rings is 2. The Balaban J connectivity index is 1.64. The number of fused-ring (bicyclic) bond motifs is 1. The molecule has 174 valence electrons. The highest BCUT2D eigenvalue weighted by molar-refractivity contribution is 8.00. The number of carboxylic acid groups (broad SMARTS) is 1. The minimum absolute atomic E-state index is 0.169. The summed E-state index contributed by atoms with van der Waals surface area (Å²) < 4.78 is 2.07. The number of anilines is 1. The number of thioether (sulfide) groups is 1. The molecule has 2 heterocycles. The summed E-state index contributed by atoms with van der Waals surface area (Å²) in [6, 6.07) is 15.0. The van der Waals surface area contributed by atoms with Gasteiger partial charge in [0, 0.05) is 10.7 Å². The second-order valence-corrected chi connectivity index (χ2v) is 9.96. The Bertz CT molecular complexity index is 1400. The smallest absolute Gasteiger partial charge is 0.335 e. The largest absolute Gasteiger partial charge is 0.478 e. The number of carbonyl (C=O) groups excluding carboxylic acids is 1. The topological polar surface area (TPSA) is 101 Å². The van der Waals surface area contributed by atoms with E-state index in [-0.39, 0.29) is 23.6 Å². The van der Waals surface area contributed by atoms with Crippen LogP contribution in [0.4, 0.5) is 5.69 Å². The Labute approximate surface area is 208 Å². The molecule has 0 unspecified atom stereocenters. The normalized spacial score (nSPS) is 11.9. The number of carbonyl (C=O) groups is 2. The van der Waals surface area contributed by atoms with E-state index >= 15 is 0 Å². The monoisotopic (exact) mass is 513 g/mol. The zero-order valence-corrected chi connectivity index (χ0v) is 20.4. The predicted molar refractivity (Wildman–Crippen MR) is 136 cm³/mol. The second-order valence-electron chi connectivity index (χ2n) is 7.43. The third-order valence-corrected chi connectivity index (χ3v) is 7.59. The average Bonchev–Trinajstić information content (AvgIpc) is 3.30. The van der Waals surface area contributed by atoms with E-state index in [1.807, 2.05) is 12.3 Å². The molecule has 7 nitrogen and oxygen atoms in total. The molecule has 34 heavy (non-hydrogen) atoms. The maximum atomic E-state index is 13.3. The number of hydrogen-bond acceptors (Lipinski definition) is 6. The average molecular weight is 514 g/mol. The molecule has 1 amide bonds. The molecule has 0 aliphatic carbocycles. The molecule has 0 radical (unpaired) electrons. The Kier molecular flexibility index (Phi) is 7.35. The third kappa shape index (κ3) is 5.32. The van der Waals surface area contributed by atoms with E-state index in [4.69, 9.17) is 16.7 Å². The molecule has 1 atom stereocenters. The first-order chi connectivity index (χ1) is 16.4. The lowest BCUT2D eigenvalue weighted by Gasteiger charge is -2.18. The van der Waals surface area contributed by atoms with Crippen molar-refractivity contribution in [3.05, 3.63) is 86.5 Å². The van der Waals surface area contributed by atoms with Crippen LogP contribution < -0.4 is 10.9 Å². The number of aromatic nitrogens is 2. The van der Waals surface area contributed by atoms with E-state index in [2.05, 4.69) is 10.3 Å². The molecule has 2 aromatic carbocycles. The maximum Gasteiger partial charge on any atom is 0.335 e. The number of hydrogen-bond donors (Lipinski definition) is 2. The van der Waals surface area contributed by atoms with Gasteiger partial charge in [-0.05, 0) is 59.8 Å².